The first-order valence-electron chi connectivity index (χ1n) is 13.8. The second-order valence-electron chi connectivity index (χ2n) is 12.5. The molecule has 38 heavy (non-hydrogen) atoms. The van der Waals surface area contributed by atoms with Gasteiger partial charge in [0.05, 0.1) is 13.2 Å². The van der Waals surface area contributed by atoms with E-state index in [1.54, 1.807) is 0 Å². The highest BCUT2D eigenvalue weighted by Crippen LogP contribution is 2.52. The lowest BCUT2D eigenvalue weighted by molar-refractivity contribution is -0.309. The molecule has 5 fully saturated rings. The molecule has 1 saturated carbocycles. The molecule has 9 heteroatoms. The van der Waals surface area contributed by atoms with E-state index in [0.29, 0.717) is 26.1 Å². The Kier molecular flexibility index (Phi) is 6.86. The zero-order chi connectivity index (χ0) is 26.9. The van der Waals surface area contributed by atoms with Crippen molar-refractivity contribution in [3.05, 3.63) is 41.8 Å². The molecule has 1 unspecified atom stereocenters. The molecule has 0 amide bonds. The molecule has 1 N–H and O–H groups in total. The molecule has 0 bridgehead atoms. The molecule has 4 saturated heterocycles. The van der Waals surface area contributed by atoms with Crippen molar-refractivity contribution in [1.82, 2.24) is 0 Å². The summed E-state index contributed by atoms with van der Waals surface area (Å²) in [5, 5.41) is 11.6. The minimum atomic E-state index is -0.915. The molecule has 1 aromatic rings. The van der Waals surface area contributed by atoms with E-state index in [4.69, 9.17) is 37.9 Å². The van der Waals surface area contributed by atoms with Gasteiger partial charge in [-0.1, -0.05) is 30.3 Å². The molecule has 9 nitrogen and oxygen atoms in total. The van der Waals surface area contributed by atoms with E-state index >= 15 is 0 Å². The van der Waals surface area contributed by atoms with Crippen molar-refractivity contribution in [3.63, 3.8) is 0 Å². The fourth-order valence-corrected chi connectivity index (χ4v) is 6.62. The highest BCUT2D eigenvalue weighted by Gasteiger charge is 2.65. The van der Waals surface area contributed by atoms with Crippen LogP contribution in [0.3, 0.4) is 0 Å². The molecule has 4 heterocycles. The molecule has 0 aromatic heterocycles. The summed E-state index contributed by atoms with van der Waals surface area (Å²) < 4.78 is 49.7. The first-order chi connectivity index (χ1) is 17.9. The van der Waals surface area contributed by atoms with Crippen LogP contribution in [0.25, 0.3) is 0 Å². The van der Waals surface area contributed by atoms with Gasteiger partial charge in [-0.15, -0.1) is 0 Å². The molecule has 5 aliphatic rings. The lowest BCUT2D eigenvalue weighted by Gasteiger charge is -2.41. The first kappa shape index (κ1) is 26.9. The van der Waals surface area contributed by atoms with Gasteiger partial charge in [-0.05, 0) is 41.5 Å². The molecule has 9 atom stereocenters. The predicted molar refractivity (Wildman–Crippen MR) is 135 cm³/mol. The number of aliphatic hydroxyl groups excluding tert-OH is 1. The van der Waals surface area contributed by atoms with Gasteiger partial charge < -0.3 is 43.0 Å². The second kappa shape index (κ2) is 9.68. The van der Waals surface area contributed by atoms with Crippen molar-refractivity contribution in [2.24, 2.45) is 5.92 Å². The third-order valence-corrected chi connectivity index (χ3v) is 8.17. The van der Waals surface area contributed by atoms with Crippen LogP contribution in [-0.2, 0) is 37.9 Å². The molecule has 0 radical (unpaired) electrons. The smallest absolute Gasteiger partial charge is 0.185 e. The van der Waals surface area contributed by atoms with Crippen LogP contribution in [0.15, 0.2) is 30.3 Å². The Morgan fingerprint density at radius 2 is 1.39 bits per heavy atom. The quantitative estimate of drug-likeness (QED) is 0.570. The van der Waals surface area contributed by atoms with Crippen LogP contribution >= 0.6 is 0 Å². The normalized spacial score (nSPS) is 43.4. The molecule has 210 valence electrons. The maximum atomic E-state index is 11.6. The number of aliphatic hydroxyl groups is 1. The second-order valence-corrected chi connectivity index (χ2v) is 12.5. The van der Waals surface area contributed by atoms with Gasteiger partial charge in [0, 0.05) is 5.56 Å². The van der Waals surface area contributed by atoms with Crippen LogP contribution in [0.4, 0.5) is 0 Å². The van der Waals surface area contributed by atoms with Gasteiger partial charge >= 0.3 is 0 Å². The van der Waals surface area contributed by atoms with Gasteiger partial charge in [0.1, 0.15) is 61.5 Å². The Morgan fingerprint density at radius 3 is 2.03 bits per heavy atom. The van der Waals surface area contributed by atoms with Gasteiger partial charge in [0.15, 0.2) is 29.6 Å². The van der Waals surface area contributed by atoms with Crippen LogP contribution in [-0.4, -0.2) is 78.4 Å². The van der Waals surface area contributed by atoms with Crippen molar-refractivity contribution in [2.75, 3.05) is 13.2 Å². The average Bonchev–Trinajstić information content (AvgIpc) is 3.55. The van der Waals surface area contributed by atoms with Gasteiger partial charge in [-0.3, -0.25) is 0 Å². The van der Waals surface area contributed by atoms with Crippen LogP contribution in [0.5, 0.6) is 0 Å². The lowest BCUT2D eigenvalue weighted by atomic mass is 9.83. The topological polar surface area (TPSA) is 94.1 Å². The van der Waals surface area contributed by atoms with E-state index in [2.05, 4.69) is 0 Å². The summed E-state index contributed by atoms with van der Waals surface area (Å²) in [5.74, 6) is -0.893. The summed E-state index contributed by atoms with van der Waals surface area (Å²) in [5.41, 5.74) is 0.889. The zero-order valence-corrected chi connectivity index (χ0v) is 23.1. The Labute approximate surface area is 224 Å². The Bertz CT molecular complexity index is 982. The Hall–Kier alpha value is -1.27. The fourth-order valence-electron chi connectivity index (χ4n) is 6.62. The van der Waals surface area contributed by atoms with Gasteiger partial charge in [0.2, 0.25) is 0 Å². The highest BCUT2D eigenvalue weighted by atomic mass is 16.8. The summed E-state index contributed by atoms with van der Waals surface area (Å²) in [6.07, 6.45) is -2.27. The van der Waals surface area contributed by atoms with Gasteiger partial charge in [0.25, 0.3) is 0 Å². The van der Waals surface area contributed by atoms with Crippen LogP contribution in [0, 0.1) is 11.8 Å². The maximum Gasteiger partial charge on any atom is 0.185 e. The molecule has 0 spiro atoms. The zero-order valence-electron chi connectivity index (χ0n) is 23.1. The van der Waals surface area contributed by atoms with E-state index in [1.165, 1.54) is 5.92 Å². The standard InChI is InChI=1S/C29H41O9/c1-27(2)31-14-20(36-27)22-17(13-19-24(22)38-29(5,6)35-19)12-18-23(30)25(21-15-32-28(3,4)37-21)34-26(33-18)16-10-8-7-9-11-16/h7-11,18-26,30H,12-15H2,1-6H3/q+1/t18-,19+,20+,21+,22-,23+,24+,25+,26?/m0/s1. The van der Waals surface area contributed by atoms with Crippen molar-refractivity contribution >= 4 is 0 Å². The summed E-state index contributed by atoms with van der Waals surface area (Å²) >= 11 is 0. The van der Waals surface area contributed by atoms with Gasteiger partial charge in [-0.25, -0.2) is 0 Å². The SMILES string of the molecule is CC1(C)OC[C@H]([C@H]2OC(c3ccccc3)O[C@@H](C[C+]3C[C@H]4OC(C)(C)O[C@H]4[C@@H]3[C@H]3COC(C)(C)O3)[C@H]2O)O1. The fraction of sp³-hybridized carbons (Fsp3) is 0.759. The molecule has 1 aliphatic carbocycles. The van der Waals surface area contributed by atoms with E-state index in [1.807, 2.05) is 71.9 Å². The lowest BCUT2D eigenvalue weighted by Crippen LogP contribution is -2.54. The number of ether oxygens (including phenoxy) is 8. The first-order valence-corrected chi connectivity index (χ1v) is 13.8. The van der Waals surface area contributed by atoms with Crippen molar-refractivity contribution < 1.29 is 43.0 Å². The summed E-state index contributed by atoms with van der Waals surface area (Å²) in [6.45, 7) is 12.3. The van der Waals surface area contributed by atoms with Crippen molar-refractivity contribution in [1.29, 1.82) is 0 Å². The summed E-state index contributed by atoms with van der Waals surface area (Å²) in [6, 6.07) is 9.80. The molecule has 1 aromatic carbocycles. The van der Waals surface area contributed by atoms with E-state index in [9.17, 15) is 5.11 Å². The molecular weight excluding hydrogens is 492 g/mol. The minimum Gasteiger partial charge on any atom is -0.387 e. The molecule has 4 aliphatic heterocycles. The Morgan fingerprint density at radius 1 is 0.763 bits per heavy atom. The van der Waals surface area contributed by atoms with E-state index in [-0.39, 0.29) is 24.2 Å². The number of hydrogen-bond acceptors (Lipinski definition) is 9. The van der Waals surface area contributed by atoms with Gasteiger partial charge in [-0.2, -0.15) is 0 Å². The maximum absolute atomic E-state index is 11.6. The highest BCUT2D eigenvalue weighted by molar-refractivity contribution is 5.19. The Balaban J connectivity index is 1.25. The third-order valence-electron chi connectivity index (χ3n) is 8.17. The van der Waals surface area contributed by atoms with Crippen LogP contribution < -0.4 is 0 Å². The predicted octanol–water partition coefficient (Wildman–Crippen LogP) is 3.64. The number of hydrogen-bond donors (Lipinski definition) is 1. The van der Waals surface area contributed by atoms with Crippen molar-refractivity contribution in [3.8, 4) is 0 Å². The van der Waals surface area contributed by atoms with Crippen LogP contribution in [0.1, 0.15) is 66.2 Å². The molecular formula is C29H41O9+. The van der Waals surface area contributed by atoms with E-state index < -0.39 is 48.1 Å². The largest absolute Gasteiger partial charge is 0.387 e. The number of benzene rings is 1. The van der Waals surface area contributed by atoms with Crippen LogP contribution in [0.2, 0.25) is 0 Å². The number of fused-ring (bicyclic) bond motifs is 1. The summed E-state index contributed by atoms with van der Waals surface area (Å²) in [4.78, 5) is 0. The third kappa shape index (κ3) is 5.25. The average molecular weight is 534 g/mol. The minimum absolute atomic E-state index is 0.0409. The monoisotopic (exact) mass is 533 g/mol. The number of rotatable bonds is 5. The summed E-state index contributed by atoms with van der Waals surface area (Å²) in [7, 11) is 0. The van der Waals surface area contributed by atoms with Crippen molar-refractivity contribution in [2.45, 2.75) is 121 Å². The molecule has 6 rings (SSSR count). The van der Waals surface area contributed by atoms with E-state index in [0.717, 1.165) is 5.56 Å².